The van der Waals surface area contributed by atoms with Crippen LogP contribution in [0.15, 0.2) is 48.5 Å². The molecule has 0 fully saturated rings. The Morgan fingerprint density at radius 1 is 1.03 bits per heavy atom. The van der Waals surface area contributed by atoms with Gasteiger partial charge in [0.05, 0.1) is 26.2 Å². The van der Waals surface area contributed by atoms with Crippen LogP contribution in [0.3, 0.4) is 0 Å². The van der Waals surface area contributed by atoms with Crippen molar-refractivity contribution in [2.75, 3.05) is 31.3 Å². The first-order chi connectivity index (χ1) is 16.5. The smallest absolute Gasteiger partial charge is 0.244 e. The Bertz CT molecular complexity index is 1110. The Balaban J connectivity index is 2.43. The predicted octanol–water partition coefficient (Wildman–Crippen LogP) is 2.80. The number of ether oxygens (including phenoxy) is 2. The van der Waals surface area contributed by atoms with E-state index in [0.717, 1.165) is 22.5 Å². The third kappa shape index (κ3) is 7.61. The molecule has 2 rings (SSSR count). The van der Waals surface area contributed by atoms with Gasteiger partial charge < -0.3 is 19.7 Å². The summed E-state index contributed by atoms with van der Waals surface area (Å²) in [6.07, 6.45) is 1.76. The molecule has 0 aromatic heterocycles. The van der Waals surface area contributed by atoms with Crippen LogP contribution in [0.2, 0.25) is 0 Å². The number of nitrogens with zero attached hydrogens (tertiary/aromatic N) is 2. The highest BCUT2D eigenvalue weighted by atomic mass is 32.2. The predicted molar refractivity (Wildman–Crippen MR) is 136 cm³/mol. The maximum Gasteiger partial charge on any atom is 0.244 e. The maximum absolute atomic E-state index is 13.6. The summed E-state index contributed by atoms with van der Waals surface area (Å²) in [7, 11) is -0.984. The molecule has 9 nitrogen and oxygen atoms in total. The molecule has 0 saturated heterocycles. The summed E-state index contributed by atoms with van der Waals surface area (Å²) < 4.78 is 37.0. The molecule has 10 heteroatoms. The molecule has 2 amide bonds. The van der Waals surface area contributed by atoms with Crippen molar-refractivity contribution < 1.29 is 27.5 Å². The molecule has 0 heterocycles. The van der Waals surface area contributed by atoms with Crippen LogP contribution in [-0.4, -0.2) is 64.2 Å². The third-order valence-electron chi connectivity index (χ3n) is 5.70. The molecule has 2 aromatic rings. The van der Waals surface area contributed by atoms with Crippen LogP contribution in [0.5, 0.6) is 11.5 Å². The molecule has 0 radical (unpaired) electrons. The highest BCUT2D eigenvalue weighted by molar-refractivity contribution is 7.92. The largest absolute Gasteiger partial charge is 0.497 e. The number of nitrogens with one attached hydrogen (secondary N) is 1. The van der Waals surface area contributed by atoms with E-state index in [-0.39, 0.29) is 29.9 Å². The molecular weight excluding hydrogens is 470 g/mol. The van der Waals surface area contributed by atoms with E-state index in [4.69, 9.17) is 9.47 Å². The number of hydrogen-bond acceptors (Lipinski definition) is 6. The van der Waals surface area contributed by atoms with E-state index in [2.05, 4.69) is 5.32 Å². The number of carbonyl (C=O) groups is 2. The minimum Gasteiger partial charge on any atom is -0.497 e. The summed E-state index contributed by atoms with van der Waals surface area (Å²) in [4.78, 5) is 27.9. The molecule has 2 aromatic carbocycles. The second-order valence-corrected chi connectivity index (χ2v) is 10.2. The van der Waals surface area contributed by atoms with Gasteiger partial charge in [0.25, 0.3) is 0 Å². The Morgan fingerprint density at radius 3 is 2.23 bits per heavy atom. The molecule has 0 spiro atoms. The minimum atomic E-state index is -3.88. The van der Waals surface area contributed by atoms with E-state index >= 15 is 0 Å². The lowest BCUT2D eigenvalue weighted by atomic mass is 10.1. The Hall–Kier alpha value is -3.27. The number of methoxy groups -OCH3 is 2. The lowest BCUT2D eigenvalue weighted by Gasteiger charge is -2.32. The number of amides is 2. The van der Waals surface area contributed by atoms with Gasteiger partial charge in [-0.05, 0) is 38.0 Å². The van der Waals surface area contributed by atoms with E-state index in [1.54, 1.807) is 19.1 Å². The van der Waals surface area contributed by atoms with Crippen LogP contribution in [0.1, 0.15) is 32.8 Å². The van der Waals surface area contributed by atoms with Gasteiger partial charge in [-0.2, -0.15) is 0 Å². The molecule has 0 aliphatic rings. The summed E-state index contributed by atoms with van der Waals surface area (Å²) in [6.45, 7) is 5.11. The van der Waals surface area contributed by atoms with Crippen molar-refractivity contribution in [2.45, 2.75) is 45.8 Å². The van der Waals surface area contributed by atoms with E-state index in [1.807, 2.05) is 44.2 Å². The molecule has 35 heavy (non-hydrogen) atoms. The van der Waals surface area contributed by atoms with Crippen LogP contribution < -0.4 is 19.1 Å². The average Bonchev–Trinajstić information content (AvgIpc) is 2.84. The molecule has 0 bridgehead atoms. The molecule has 0 saturated carbocycles. The monoisotopic (exact) mass is 505 g/mol. The summed E-state index contributed by atoms with van der Waals surface area (Å²) >= 11 is 0. The van der Waals surface area contributed by atoms with Crippen LogP contribution in [-0.2, 0) is 26.2 Å². The fourth-order valence-corrected chi connectivity index (χ4v) is 4.27. The van der Waals surface area contributed by atoms with Gasteiger partial charge in [-0.1, -0.05) is 37.3 Å². The summed E-state index contributed by atoms with van der Waals surface area (Å²) in [5.74, 6) is -0.119. The number of sulfonamides is 1. The van der Waals surface area contributed by atoms with Gasteiger partial charge in [0, 0.05) is 18.7 Å². The Morgan fingerprint density at radius 2 is 1.69 bits per heavy atom. The van der Waals surface area contributed by atoms with Gasteiger partial charge in [-0.3, -0.25) is 13.9 Å². The topological polar surface area (TPSA) is 105 Å². The van der Waals surface area contributed by atoms with Crippen LogP contribution in [0.25, 0.3) is 0 Å². The van der Waals surface area contributed by atoms with Crippen molar-refractivity contribution in [3.63, 3.8) is 0 Å². The second kappa shape index (κ2) is 12.4. The van der Waals surface area contributed by atoms with E-state index in [0.29, 0.717) is 5.75 Å². The normalized spacial score (nSPS) is 12.9. The Kier molecular flexibility index (Phi) is 9.94. The van der Waals surface area contributed by atoms with Gasteiger partial charge in [-0.15, -0.1) is 0 Å². The highest BCUT2D eigenvalue weighted by Gasteiger charge is 2.31. The van der Waals surface area contributed by atoms with Gasteiger partial charge >= 0.3 is 0 Å². The van der Waals surface area contributed by atoms with Gasteiger partial charge in [0.2, 0.25) is 21.8 Å². The summed E-state index contributed by atoms with van der Waals surface area (Å²) in [5, 5.41) is 2.90. The van der Waals surface area contributed by atoms with Gasteiger partial charge in [-0.25, -0.2) is 8.42 Å². The molecular formula is C25H35N3O6S. The lowest BCUT2D eigenvalue weighted by Crippen LogP contribution is -2.52. The molecule has 2 atom stereocenters. The fourth-order valence-electron chi connectivity index (χ4n) is 3.41. The first-order valence-electron chi connectivity index (χ1n) is 11.3. The standard InChI is InChI=1S/C25H35N3O6S/c1-7-18(2)26-25(30)19(3)27(16-20-11-9-8-10-12-20)24(29)17-28(35(6,31)32)22-14-13-21(33-4)15-23(22)34-5/h8-15,18-19H,7,16-17H2,1-6H3,(H,26,30). The van der Waals surface area contributed by atoms with Crippen molar-refractivity contribution in [1.29, 1.82) is 0 Å². The number of hydrogen-bond donors (Lipinski definition) is 1. The quantitative estimate of drug-likeness (QED) is 0.476. The number of rotatable bonds is 12. The number of anilines is 1. The van der Waals surface area contributed by atoms with Gasteiger partial charge in [0.1, 0.15) is 24.1 Å². The summed E-state index contributed by atoms with van der Waals surface area (Å²) in [5.41, 5.74) is 1.01. The Labute approximate surface area is 208 Å². The van der Waals surface area contributed by atoms with E-state index < -0.39 is 28.5 Å². The van der Waals surface area contributed by atoms with E-state index in [1.165, 1.54) is 25.2 Å². The van der Waals surface area contributed by atoms with Crippen LogP contribution in [0, 0.1) is 0 Å². The number of carbonyl (C=O) groups excluding carboxylic acids is 2. The van der Waals surface area contributed by atoms with Crippen molar-refractivity contribution >= 4 is 27.5 Å². The van der Waals surface area contributed by atoms with Crippen molar-refractivity contribution in [2.24, 2.45) is 0 Å². The zero-order chi connectivity index (χ0) is 26.2. The molecule has 2 unspecified atom stereocenters. The highest BCUT2D eigenvalue weighted by Crippen LogP contribution is 2.33. The molecule has 192 valence electrons. The van der Waals surface area contributed by atoms with Crippen LogP contribution in [0.4, 0.5) is 5.69 Å². The number of benzene rings is 2. The lowest BCUT2D eigenvalue weighted by molar-refractivity contribution is -0.139. The molecule has 1 N–H and O–H groups in total. The fraction of sp³-hybridized carbons (Fsp3) is 0.440. The molecule has 0 aliphatic heterocycles. The average molecular weight is 506 g/mol. The zero-order valence-electron chi connectivity index (χ0n) is 21.1. The maximum atomic E-state index is 13.6. The minimum absolute atomic E-state index is 0.0605. The van der Waals surface area contributed by atoms with E-state index in [9.17, 15) is 18.0 Å². The zero-order valence-corrected chi connectivity index (χ0v) is 22.0. The summed E-state index contributed by atoms with van der Waals surface area (Å²) in [6, 6.07) is 13.0. The first kappa shape index (κ1) is 28.0. The SMILES string of the molecule is CCC(C)NC(=O)C(C)N(Cc1ccccc1)C(=O)CN(c1ccc(OC)cc1OC)S(C)(=O)=O. The van der Waals surface area contributed by atoms with Crippen molar-refractivity contribution in [3.05, 3.63) is 54.1 Å². The van der Waals surface area contributed by atoms with Crippen molar-refractivity contribution in [1.82, 2.24) is 10.2 Å². The van der Waals surface area contributed by atoms with Crippen LogP contribution >= 0.6 is 0 Å². The van der Waals surface area contributed by atoms with Crippen molar-refractivity contribution in [3.8, 4) is 11.5 Å². The molecule has 0 aliphatic carbocycles. The van der Waals surface area contributed by atoms with Gasteiger partial charge in [0.15, 0.2) is 0 Å². The third-order valence-corrected chi connectivity index (χ3v) is 6.83. The first-order valence-corrected chi connectivity index (χ1v) is 13.2. The second-order valence-electron chi connectivity index (χ2n) is 8.31.